The van der Waals surface area contributed by atoms with Crippen LogP contribution in [0.1, 0.15) is 34.8 Å². The number of aromatic amines is 1. The Morgan fingerprint density at radius 2 is 1.85 bits per heavy atom. The molecule has 0 radical (unpaired) electrons. The maximum absolute atomic E-state index is 12.9. The first kappa shape index (κ1) is 18.7. The molecular weight excluding hydrogens is 340 g/mol. The number of H-pyrrole nitrogens is 1. The van der Waals surface area contributed by atoms with Gasteiger partial charge in [0.2, 0.25) is 5.56 Å². The maximum atomic E-state index is 12.9. The summed E-state index contributed by atoms with van der Waals surface area (Å²) in [6, 6.07) is 14.2. The Kier molecular flexibility index (Phi) is 5.31. The summed E-state index contributed by atoms with van der Waals surface area (Å²) < 4.78 is 0. The molecular formula is C22H24N2O3. The average Bonchev–Trinajstić information content (AvgIpc) is 2.65. The van der Waals surface area contributed by atoms with Crippen LogP contribution in [0.2, 0.25) is 0 Å². The molecule has 0 saturated carbocycles. The fourth-order valence-electron chi connectivity index (χ4n) is 3.20. The number of pyridine rings is 1. The van der Waals surface area contributed by atoms with Crippen molar-refractivity contribution in [1.82, 2.24) is 9.88 Å². The van der Waals surface area contributed by atoms with Crippen LogP contribution in [0.4, 0.5) is 0 Å². The topological polar surface area (TPSA) is 73.4 Å². The summed E-state index contributed by atoms with van der Waals surface area (Å²) in [4.78, 5) is 29.1. The van der Waals surface area contributed by atoms with Crippen molar-refractivity contribution in [1.29, 1.82) is 0 Å². The zero-order valence-corrected chi connectivity index (χ0v) is 15.8. The molecule has 1 aromatic heterocycles. The molecule has 1 amide bonds. The van der Waals surface area contributed by atoms with Gasteiger partial charge in [0.05, 0.1) is 0 Å². The number of aryl methyl sites for hydroxylation is 2. The van der Waals surface area contributed by atoms with Gasteiger partial charge in [0.15, 0.2) is 0 Å². The van der Waals surface area contributed by atoms with E-state index in [2.05, 4.69) is 4.98 Å². The Balaban J connectivity index is 1.73. The Morgan fingerprint density at radius 1 is 1.15 bits per heavy atom. The van der Waals surface area contributed by atoms with Gasteiger partial charge in [-0.2, -0.15) is 0 Å². The number of phenols is 1. The van der Waals surface area contributed by atoms with Crippen molar-refractivity contribution < 1.29 is 9.90 Å². The number of fused-ring (bicyclic) bond motifs is 1. The third kappa shape index (κ3) is 4.19. The molecule has 140 valence electrons. The number of rotatable bonds is 5. The molecule has 0 bridgehead atoms. The number of aromatic nitrogens is 1. The first-order valence-corrected chi connectivity index (χ1v) is 9.04. The lowest BCUT2D eigenvalue weighted by Gasteiger charge is -2.25. The third-order valence-electron chi connectivity index (χ3n) is 5.07. The van der Waals surface area contributed by atoms with Gasteiger partial charge in [-0.1, -0.05) is 18.2 Å². The van der Waals surface area contributed by atoms with E-state index in [4.69, 9.17) is 0 Å². The largest absolute Gasteiger partial charge is 0.508 e. The monoisotopic (exact) mass is 364 g/mol. The molecule has 0 spiro atoms. The van der Waals surface area contributed by atoms with E-state index in [1.54, 1.807) is 42.3 Å². The Bertz CT molecular complexity index is 1020. The molecule has 0 saturated heterocycles. The van der Waals surface area contributed by atoms with Crippen LogP contribution in [0, 0.1) is 6.92 Å². The quantitative estimate of drug-likeness (QED) is 0.726. The van der Waals surface area contributed by atoms with Crippen molar-refractivity contribution in [3.63, 3.8) is 0 Å². The van der Waals surface area contributed by atoms with Crippen molar-refractivity contribution >= 4 is 16.8 Å². The predicted octanol–water partition coefficient (Wildman–Crippen LogP) is 3.64. The fraction of sp³-hybridized carbons (Fsp3) is 0.273. The molecule has 0 fully saturated rings. The second-order valence-electron chi connectivity index (χ2n) is 7.05. The number of nitrogens with one attached hydrogen (secondary N) is 1. The average molecular weight is 364 g/mol. The van der Waals surface area contributed by atoms with E-state index in [-0.39, 0.29) is 23.3 Å². The van der Waals surface area contributed by atoms with E-state index in [1.165, 1.54) is 0 Å². The molecule has 3 aromatic rings. The van der Waals surface area contributed by atoms with Gasteiger partial charge in [-0.3, -0.25) is 9.59 Å². The number of phenolic OH excluding ortho intramolecular Hbond substituents is 1. The normalized spacial score (nSPS) is 12.1. The van der Waals surface area contributed by atoms with Gasteiger partial charge in [-0.05, 0) is 62.1 Å². The molecule has 2 N–H and O–H groups in total. The summed E-state index contributed by atoms with van der Waals surface area (Å²) in [6.07, 6.45) is 1.64. The van der Waals surface area contributed by atoms with Crippen LogP contribution < -0.4 is 5.56 Å². The number of nitrogens with zero attached hydrogens (tertiary/aromatic N) is 1. The van der Waals surface area contributed by atoms with Gasteiger partial charge in [-0.25, -0.2) is 0 Å². The van der Waals surface area contributed by atoms with Crippen molar-refractivity contribution in [3.8, 4) is 5.75 Å². The summed E-state index contributed by atoms with van der Waals surface area (Å²) in [6.45, 7) is 3.90. The molecule has 0 aliphatic rings. The first-order valence-electron chi connectivity index (χ1n) is 9.04. The van der Waals surface area contributed by atoms with Crippen molar-refractivity contribution in [2.24, 2.45) is 0 Å². The van der Waals surface area contributed by atoms with E-state index in [0.29, 0.717) is 11.1 Å². The molecule has 5 nitrogen and oxygen atoms in total. The van der Waals surface area contributed by atoms with Crippen molar-refractivity contribution in [2.45, 2.75) is 32.7 Å². The Labute approximate surface area is 158 Å². The minimum Gasteiger partial charge on any atom is -0.508 e. The summed E-state index contributed by atoms with van der Waals surface area (Å²) in [7, 11) is 1.80. The van der Waals surface area contributed by atoms with E-state index in [1.807, 2.05) is 32.0 Å². The van der Waals surface area contributed by atoms with Gasteiger partial charge in [0.25, 0.3) is 5.91 Å². The molecule has 1 unspecified atom stereocenters. The number of aromatic hydroxyl groups is 1. The molecule has 0 aliphatic heterocycles. The summed E-state index contributed by atoms with van der Waals surface area (Å²) in [5.74, 6) is 0.182. The van der Waals surface area contributed by atoms with Crippen molar-refractivity contribution in [3.05, 3.63) is 75.6 Å². The SMILES string of the molecule is Cc1cc(=O)[nH]c2cc(C(=O)N(C)C(C)CCc3ccc(O)cc3)ccc12. The van der Waals surface area contributed by atoms with Crippen LogP contribution in [-0.4, -0.2) is 34.0 Å². The van der Waals surface area contributed by atoms with Crippen LogP contribution in [-0.2, 0) is 6.42 Å². The summed E-state index contributed by atoms with van der Waals surface area (Å²) in [5, 5.41) is 10.3. The highest BCUT2D eigenvalue weighted by Gasteiger charge is 2.18. The molecule has 2 aromatic carbocycles. The highest BCUT2D eigenvalue weighted by Crippen LogP contribution is 2.19. The summed E-state index contributed by atoms with van der Waals surface area (Å²) in [5.41, 5.74) is 3.08. The van der Waals surface area contributed by atoms with Gasteiger partial charge >= 0.3 is 0 Å². The molecule has 1 atom stereocenters. The van der Waals surface area contributed by atoms with E-state index in [0.717, 1.165) is 29.4 Å². The lowest BCUT2D eigenvalue weighted by atomic mass is 10.0. The molecule has 27 heavy (non-hydrogen) atoms. The van der Waals surface area contributed by atoms with E-state index < -0.39 is 0 Å². The van der Waals surface area contributed by atoms with Crippen LogP contribution in [0.15, 0.2) is 53.3 Å². The third-order valence-corrected chi connectivity index (χ3v) is 5.07. The van der Waals surface area contributed by atoms with E-state index >= 15 is 0 Å². The number of benzene rings is 2. The smallest absolute Gasteiger partial charge is 0.253 e. The van der Waals surface area contributed by atoms with Gasteiger partial charge in [0.1, 0.15) is 5.75 Å². The van der Waals surface area contributed by atoms with E-state index in [9.17, 15) is 14.7 Å². The lowest BCUT2D eigenvalue weighted by Crippen LogP contribution is -2.35. The minimum absolute atomic E-state index is 0.0542. The van der Waals surface area contributed by atoms with Crippen LogP contribution in [0.3, 0.4) is 0 Å². The van der Waals surface area contributed by atoms with Crippen LogP contribution in [0.5, 0.6) is 5.75 Å². The van der Waals surface area contributed by atoms with Gasteiger partial charge in [0, 0.05) is 35.6 Å². The molecule has 3 rings (SSSR count). The molecule has 0 aliphatic carbocycles. The zero-order chi connectivity index (χ0) is 19.6. The zero-order valence-electron chi connectivity index (χ0n) is 15.8. The highest BCUT2D eigenvalue weighted by molar-refractivity contribution is 5.98. The van der Waals surface area contributed by atoms with Crippen LogP contribution in [0.25, 0.3) is 10.9 Å². The van der Waals surface area contributed by atoms with Gasteiger partial charge in [-0.15, -0.1) is 0 Å². The predicted molar refractivity (Wildman–Crippen MR) is 107 cm³/mol. The second-order valence-corrected chi connectivity index (χ2v) is 7.05. The number of hydrogen-bond acceptors (Lipinski definition) is 3. The summed E-state index contributed by atoms with van der Waals surface area (Å²) >= 11 is 0. The molecule has 1 heterocycles. The number of carbonyl (C=O) groups excluding carboxylic acids is 1. The number of hydrogen-bond donors (Lipinski definition) is 2. The highest BCUT2D eigenvalue weighted by atomic mass is 16.3. The lowest BCUT2D eigenvalue weighted by molar-refractivity contribution is 0.0737. The Morgan fingerprint density at radius 3 is 2.56 bits per heavy atom. The van der Waals surface area contributed by atoms with Gasteiger partial charge < -0.3 is 15.0 Å². The fourth-order valence-corrected chi connectivity index (χ4v) is 3.20. The van der Waals surface area contributed by atoms with Crippen LogP contribution >= 0.6 is 0 Å². The van der Waals surface area contributed by atoms with Crippen molar-refractivity contribution in [2.75, 3.05) is 7.05 Å². The maximum Gasteiger partial charge on any atom is 0.253 e. The Hall–Kier alpha value is -3.08. The minimum atomic E-state index is -0.166. The molecule has 5 heteroatoms. The second kappa shape index (κ2) is 7.66. The number of carbonyl (C=O) groups is 1. The number of amides is 1. The first-order chi connectivity index (χ1) is 12.8. The standard InChI is InChI=1S/C22H24N2O3/c1-14-12-21(26)23-20-13-17(8-11-19(14)20)22(27)24(3)15(2)4-5-16-6-9-18(25)10-7-16/h6-13,15,25H,4-5H2,1-3H3,(H,23,26).